The monoisotopic (exact) mass is 152 g/mol. The Hall–Kier alpha value is -1.09. The molecule has 1 aliphatic rings. The maximum atomic E-state index is 13.1. The Labute approximate surface area is 64.4 Å². The number of benzene rings is 1. The van der Waals surface area contributed by atoms with Crippen molar-refractivity contribution < 1.29 is 4.39 Å². The van der Waals surface area contributed by atoms with E-state index < -0.39 is 0 Å². The number of rotatable bonds is 0. The molecule has 1 aliphatic heterocycles. The molecule has 58 valence electrons. The summed E-state index contributed by atoms with van der Waals surface area (Å²) in [5, 5.41) is 0. The molecule has 0 atom stereocenters. The molecule has 0 amide bonds. The molecule has 0 unspecified atom stereocenters. The molecule has 0 saturated heterocycles. The molecule has 2 nitrogen and oxygen atoms in total. The van der Waals surface area contributed by atoms with Gasteiger partial charge in [0.15, 0.2) is 0 Å². The van der Waals surface area contributed by atoms with Gasteiger partial charge in [0.2, 0.25) is 0 Å². The average molecular weight is 152 g/mol. The van der Waals surface area contributed by atoms with E-state index in [1.54, 1.807) is 6.07 Å². The number of nitrogens with one attached hydrogen (secondary N) is 2. The molecule has 0 saturated carbocycles. The highest BCUT2D eigenvalue weighted by Gasteiger charge is 2.13. The summed E-state index contributed by atoms with van der Waals surface area (Å²) in [5.74, 6) is -0.127. The lowest BCUT2D eigenvalue weighted by Gasteiger charge is -2.00. The van der Waals surface area contributed by atoms with Crippen molar-refractivity contribution in [2.75, 3.05) is 5.43 Å². The second-order valence-corrected chi connectivity index (χ2v) is 2.75. The number of hydrazine groups is 1. The van der Waals surface area contributed by atoms with Gasteiger partial charge in [-0.2, -0.15) is 0 Å². The smallest absolute Gasteiger partial charge is 0.130 e. The summed E-state index contributed by atoms with van der Waals surface area (Å²) in [6, 6.07) is 3.48. The number of aryl methyl sites for hydroxylation is 1. The van der Waals surface area contributed by atoms with E-state index in [0.29, 0.717) is 6.54 Å². The van der Waals surface area contributed by atoms with Crippen molar-refractivity contribution in [3.8, 4) is 0 Å². The molecule has 2 N–H and O–H groups in total. The van der Waals surface area contributed by atoms with Gasteiger partial charge in [0.05, 0.1) is 5.69 Å². The van der Waals surface area contributed by atoms with Crippen molar-refractivity contribution in [2.45, 2.75) is 13.5 Å². The SMILES string of the molecule is Cc1cc(F)c2c(c1)NNC2. The molecule has 0 radical (unpaired) electrons. The normalized spacial score (nSPS) is 14.4. The van der Waals surface area contributed by atoms with Gasteiger partial charge in [-0.3, -0.25) is 0 Å². The highest BCUT2D eigenvalue weighted by atomic mass is 19.1. The summed E-state index contributed by atoms with van der Waals surface area (Å²) < 4.78 is 13.1. The van der Waals surface area contributed by atoms with E-state index in [1.165, 1.54) is 0 Å². The molecule has 1 heterocycles. The zero-order valence-electron chi connectivity index (χ0n) is 6.24. The maximum Gasteiger partial charge on any atom is 0.130 e. The van der Waals surface area contributed by atoms with Crippen molar-refractivity contribution in [3.05, 3.63) is 29.1 Å². The Morgan fingerprint density at radius 2 is 2.27 bits per heavy atom. The molecule has 0 spiro atoms. The summed E-state index contributed by atoms with van der Waals surface area (Å²) in [7, 11) is 0. The predicted molar refractivity (Wildman–Crippen MR) is 41.6 cm³/mol. The highest BCUT2D eigenvalue weighted by molar-refractivity contribution is 5.55. The predicted octanol–water partition coefficient (Wildman–Crippen LogP) is 1.56. The van der Waals surface area contributed by atoms with Crippen LogP contribution in [0, 0.1) is 12.7 Å². The van der Waals surface area contributed by atoms with Gasteiger partial charge in [-0.15, -0.1) is 0 Å². The van der Waals surface area contributed by atoms with Gasteiger partial charge in [0.25, 0.3) is 0 Å². The van der Waals surface area contributed by atoms with Crippen molar-refractivity contribution >= 4 is 5.69 Å². The zero-order valence-corrected chi connectivity index (χ0v) is 6.24. The van der Waals surface area contributed by atoms with Gasteiger partial charge in [-0.25, -0.2) is 9.82 Å². The van der Waals surface area contributed by atoms with E-state index in [1.807, 2.05) is 13.0 Å². The van der Waals surface area contributed by atoms with E-state index in [-0.39, 0.29) is 5.82 Å². The second kappa shape index (κ2) is 2.20. The summed E-state index contributed by atoms with van der Waals surface area (Å²) in [6.07, 6.45) is 0. The molecule has 0 aromatic heterocycles. The molecule has 11 heavy (non-hydrogen) atoms. The van der Waals surface area contributed by atoms with Crippen LogP contribution in [0.15, 0.2) is 12.1 Å². The lowest BCUT2D eigenvalue weighted by Crippen LogP contribution is -2.10. The summed E-state index contributed by atoms with van der Waals surface area (Å²) in [5.41, 5.74) is 8.30. The Bertz CT molecular complexity index is 296. The molecule has 0 bridgehead atoms. The van der Waals surface area contributed by atoms with Gasteiger partial charge in [-0.05, 0) is 24.6 Å². The minimum absolute atomic E-state index is 0.127. The number of hydrogen-bond donors (Lipinski definition) is 2. The first-order chi connectivity index (χ1) is 5.27. The molecule has 0 aliphatic carbocycles. The van der Waals surface area contributed by atoms with Crippen molar-refractivity contribution in [1.29, 1.82) is 0 Å². The summed E-state index contributed by atoms with van der Waals surface area (Å²) in [6.45, 7) is 2.45. The van der Waals surface area contributed by atoms with Crippen LogP contribution in [0.2, 0.25) is 0 Å². The lowest BCUT2D eigenvalue weighted by atomic mass is 10.1. The van der Waals surface area contributed by atoms with Crippen LogP contribution < -0.4 is 10.9 Å². The Morgan fingerprint density at radius 3 is 3.09 bits per heavy atom. The van der Waals surface area contributed by atoms with Gasteiger partial charge >= 0.3 is 0 Å². The molecule has 1 aromatic carbocycles. The molecule has 2 rings (SSSR count). The molecule has 1 aromatic rings. The molecular weight excluding hydrogens is 143 g/mol. The zero-order chi connectivity index (χ0) is 7.84. The number of halogens is 1. The number of anilines is 1. The molecule has 3 heteroatoms. The third kappa shape index (κ3) is 0.973. The third-order valence-corrected chi connectivity index (χ3v) is 1.83. The van der Waals surface area contributed by atoms with Crippen LogP contribution in [-0.4, -0.2) is 0 Å². The maximum absolute atomic E-state index is 13.1. The van der Waals surface area contributed by atoms with Gasteiger partial charge in [0, 0.05) is 12.1 Å². The summed E-state index contributed by atoms with van der Waals surface area (Å²) >= 11 is 0. The topological polar surface area (TPSA) is 24.1 Å². The van der Waals surface area contributed by atoms with E-state index >= 15 is 0 Å². The first kappa shape index (κ1) is 6.61. The second-order valence-electron chi connectivity index (χ2n) is 2.75. The van der Waals surface area contributed by atoms with Crippen LogP contribution in [0.5, 0.6) is 0 Å². The summed E-state index contributed by atoms with van der Waals surface area (Å²) in [4.78, 5) is 0. The average Bonchev–Trinajstić information content (AvgIpc) is 2.34. The van der Waals surface area contributed by atoms with Crippen molar-refractivity contribution in [1.82, 2.24) is 5.43 Å². The van der Waals surface area contributed by atoms with Crippen LogP contribution in [0.25, 0.3) is 0 Å². The Kier molecular flexibility index (Phi) is 1.32. The number of fused-ring (bicyclic) bond motifs is 1. The van der Waals surface area contributed by atoms with Crippen LogP contribution in [0.4, 0.5) is 10.1 Å². The minimum atomic E-state index is -0.127. The fraction of sp³-hybridized carbons (Fsp3) is 0.250. The quantitative estimate of drug-likeness (QED) is 0.589. The van der Waals surface area contributed by atoms with Crippen LogP contribution in [0.1, 0.15) is 11.1 Å². The van der Waals surface area contributed by atoms with Crippen LogP contribution in [0.3, 0.4) is 0 Å². The largest absolute Gasteiger partial charge is 0.321 e. The standard InChI is InChI=1S/C8H9FN2/c1-5-2-7(9)6-4-10-11-8(6)3-5/h2-3,10-11H,4H2,1H3. The first-order valence-electron chi connectivity index (χ1n) is 3.55. The Morgan fingerprint density at radius 1 is 1.45 bits per heavy atom. The first-order valence-corrected chi connectivity index (χ1v) is 3.55. The van der Waals surface area contributed by atoms with Crippen LogP contribution in [-0.2, 0) is 6.54 Å². The molecular formula is C8H9FN2. The number of hydrogen-bond acceptors (Lipinski definition) is 2. The fourth-order valence-electron chi connectivity index (χ4n) is 1.29. The fourth-order valence-corrected chi connectivity index (χ4v) is 1.29. The van der Waals surface area contributed by atoms with E-state index in [9.17, 15) is 4.39 Å². The van der Waals surface area contributed by atoms with Gasteiger partial charge in [-0.1, -0.05) is 0 Å². The Balaban J connectivity index is 2.60. The van der Waals surface area contributed by atoms with Gasteiger partial charge in [0.1, 0.15) is 5.82 Å². The van der Waals surface area contributed by atoms with E-state index in [4.69, 9.17) is 0 Å². The van der Waals surface area contributed by atoms with Crippen molar-refractivity contribution in [2.24, 2.45) is 0 Å². The van der Waals surface area contributed by atoms with Crippen LogP contribution >= 0.6 is 0 Å². The molecule has 0 fully saturated rings. The van der Waals surface area contributed by atoms with Gasteiger partial charge < -0.3 is 5.43 Å². The van der Waals surface area contributed by atoms with E-state index in [2.05, 4.69) is 10.9 Å². The third-order valence-electron chi connectivity index (χ3n) is 1.83. The highest BCUT2D eigenvalue weighted by Crippen LogP contribution is 2.23. The minimum Gasteiger partial charge on any atom is -0.321 e. The van der Waals surface area contributed by atoms with Crippen molar-refractivity contribution in [3.63, 3.8) is 0 Å². The lowest BCUT2D eigenvalue weighted by molar-refractivity contribution is 0.609. The van der Waals surface area contributed by atoms with E-state index in [0.717, 1.165) is 16.8 Å².